The van der Waals surface area contributed by atoms with Gasteiger partial charge in [-0.3, -0.25) is 14.0 Å². The van der Waals surface area contributed by atoms with Crippen molar-refractivity contribution in [2.45, 2.75) is 19.6 Å². The normalized spacial score (nSPS) is 12.2. The summed E-state index contributed by atoms with van der Waals surface area (Å²) in [6, 6.07) is 0. The fraction of sp³-hybridized carbons (Fsp3) is 0.333. The minimum absolute atomic E-state index is 0.0842. The molecule has 0 aromatic carbocycles. The van der Waals surface area contributed by atoms with Crippen LogP contribution in [-0.2, 0) is 19.8 Å². The largest absolute Gasteiger partial charge is 0.435 e. The van der Waals surface area contributed by atoms with E-state index in [2.05, 4.69) is 14.5 Å². The highest BCUT2D eigenvalue weighted by Gasteiger charge is 2.37. The van der Waals surface area contributed by atoms with Crippen molar-refractivity contribution < 1.29 is 13.2 Å². The van der Waals surface area contributed by atoms with Gasteiger partial charge in [0.25, 0.3) is 5.56 Å². The molecule has 0 atom stereocenters. The minimum atomic E-state index is -4.57. The number of nitrogens with zero attached hydrogens (tertiary/aromatic N) is 5. The number of aryl methyl sites for hydroxylation is 2. The van der Waals surface area contributed by atoms with Gasteiger partial charge in [-0.05, 0) is 18.5 Å². The van der Waals surface area contributed by atoms with Crippen LogP contribution in [-0.4, -0.2) is 23.7 Å². The molecule has 0 unspecified atom stereocenters. The van der Waals surface area contributed by atoms with Gasteiger partial charge in [0.2, 0.25) is 0 Å². The summed E-state index contributed by atoms with van der Waals surface area (Å²) >= 11 is 1.08. The second kappa shape index (κ2) is 4.90. The van der Waals surface area contributed by atoms with Crippen molar-refractivity contribution in [1.82, 2.24) is 23.7 Å². The van der Waals surface area contributed by atoms with E-state index in [1.54, 1.807) is 6.92 Å². The van der Waals surface area contributed by atoms with Crippen molar-refractivity contribution in [2.75, 3.05) is 0 Å². The maximum absolute atomic E-state index is 12.9. The Balaban J connectivity index is 2.10. The quantitative estimate of drug-likeness (QED) is 0.721. The lowest BCUT2D eigenvalue weighted by atomic mass is 10.2. The number of hydrogen-bond donors (Lipinski definition) is 0. The van der Waals surface area contributed by atoms with Gasteiger partial charge in [0.15, 0.2) is 10.5 Å². The third-order valence-electron chi connectivity index (χ3n) is 3.15. The van der Waals surface area contributed by atoms with Crippen LogP contribution < -0.4 is 5.56 Å². The molecule has 0 saturated carbocycles. The molecule has 0 amide bonds. The van der Waals surface area contributed by atoms with Crippen molar-refractivity contribution >= 4 is 21.7 Å². The average molecular weight is 329 g/mol. The standard InChI is InChI=1S/C12H10F3N5OS/c1-6-8-10(22-18-6)16-5-20(11(8)21)4-7-3-19(2)17-9(7)12(13,14)15/h3,5H,4H2,1-2H3. The summed E-state index contributed by atoms with van der Waals surface area (Å²) in [5, 5.41) is 3.76. The van der Waals surface area contributed by atoms with Crippen molar-refractivity contribution in [3.05, 3.63) is 39.8 Å². The molecule has 0 bridgehead atoms. The molecule has 0 aliphatic rings. The Morgan fingerprint density at radius 1 is 1.36 bits per heavy atom. The van der Waals surface area contributed by atoms with Crippen LogP contribution in [0.3, 0.4) is 0 Å². The number of aromatic nitrogens is 5. The van der Waals surface area contributed by atoms with Gasteiger partial charge in [0, 0.05) is 18.8 Å². The zero-order valence-corrected chi connectivity index (χ0v) is 12.4. The summed E-state index contributed by atoms with van der Waals surface area (Å²) < 4.78 is 45.1. The van der Waals surface area contributed by atoms with E-state index in [0.29, 0.717) is 15.9 Å². The highest BCUT2D eigenvalue weighted by atomic mass is 32.1. The lowest BCUT2D eigenvalue weighted by Crippen LogP contribution is -2.22. The Morgan fingerprint density at radius 2 is 2.09 bits per heavy atom. The van der Waals surface area contributed by atoms with Gasteiger partial charge >= 0.3 is 6.18 Å². The summed E-state index contributed by atoms with van der Waals surface area (Å²) in [5.74, 6) is 0. The van der Waals surface area contributed by atoms with Crippen LogP contribution in [0, 0.1) is 6.92 Å². The summed E-state index contributed by atoms with van der Waals surface area (Å²) in [4.78, 5) is 16.9. The molecule has 0 fully saturated rings. The van der Waals surface area contributed by atoms with Crippen LogP contribution in [0.1, 0.15) is 17.0 Å². The zero-order chi connectivity index (χ0) is 16.1. The van der Waals surface area contributed by atoms with Crippen LogP contribution in [0.2, 0.25) is 0 Å². The molecule has 22 heavy (non-hydrogen) atoms. The predicted molar refractivity (Wildman–Crippen MR) is 73.7 cm³/mol. The monoisotopic (exact) mass is 329 g/mol. The molecule has 3 aromatic heterocycles. The molecular weight excluding hydrogens is 319 g/mol. The summed E-state index contributed by atoms with van der Waals surface area (Å²) in [5.41, 5.74) is -0.969. The van der Waals surface area contributed by atoms with E-state index in [9.17, 15) is 18.0 Å². The maximum atomic E-state index is 12.9. The SMILES string of the molecule is Cc1nsc2ncn(Cc3cn(C)nc3C(F)(F)F)c(=O)c12. The molecule has 3 heterocycles. The number of hydrogen-bond acceptors (Lipinski definition) is 5. The molecule has 0 aliphatic heterocycles. The molecule has 0 radical (unpaired) electrons. The van der Waals surface area contributed by atoms with Crippen LogP contribution in [0.5, 0.6) is 0 Å². The van der Waals surface area contributed by atoms with E-state index in [0.717, 1.165) is 20.8 Å². The highest BCUT2D eigenvalue weighted by molar-refractivity contribution is 7.12. The Bertz CT molecular complexity index is 908. The Morgan fingerprint density at radius 3 is 2.77 bits per heavy atom. The molecular formula is C12H10F3N5OS. The molecule has 0 N–H and O–H groups in total. The molecule has 116 valence electrons. The van der Waals surface area contributed by atoms with Crippen LogP contribution in [0.25, 0.3) is 10.2 Å². The Hall–Kier alpha value is -2.23. The smallest absolute Gasteiger partial charge is 0.294 e. The van der Waals surface area contributed by atoms with Gasteiger partial charge in [0.05, 0.1) is 24.0 Å². The molecule has 0 aliphatic carbocycles. The van der Waals surface area contributed by atoms with E-state index < -0.39 is 17.4 Å². The summed E-state index contributed by atoms with van der Waals surface area (Å²) in [7, 11) is 1.40. The fourth-order valence-electron chi connectivity index (χ4n) is 2.20. The number of halogens is 3. The van der Waals surface area contributed by atoms with E-state index >= 15 is 0 Å². The predicted octanol–water partition coefficient (Wildman–Crippen LogP) is 1.96. The molecule has 3 aromatic rings. The van der Waals surface area contributed by atoms with E-state index in [1.165, 1.54) is 19.6 Å². The van der Waals surface area contributed by atoms with Gasteiger partial charge in [0.1, 0.15) is 0 Å². The first-order chi connectivity index (χ1) is 10.3. The van der Waals surface area contributed by atoms with Crippen LogP contribution in [0.4, 0.5) is 13.2 Å². The van der Waals surface area contributed by atoms with Gasteiger partial charge < -0.3 is 0 Å². The molecule has 6 nitrogen and oxygen atoms in total. The van der Waals surface area contributed by atoms with Gasteiger partial charge in [-0.1, -0.05) is 0 Å². The first-order valence-electron chi connectivity index (χ1n) is 6.18. The van der Waals surface area contributed by atoms with Gasteiger partial charge in [-0.2, -0.15) is 22.6 Å². The second-order valence-electron chi connectivity index (χ2n) is 4.80. The van der Waals surface area contributed by atoms with Gasteiger partial charge in [-0.25, -0.2) is 4.98 Å². The lowest BCUT2D eigenvalue weighted by molar-refractivity contribution is -0.142. The number of alkyl halides is 3. The van der Waals surface area contributed by atoms with Crippen LogP contribution in [0.15, 0.2) is 17.3 Å². The van der Waals surface area contributed by atoms with E-state index in [-0.39, 0.29) is 12.1 Å². The lowest BCUT2D eigenvalue weighted by Gasteiger charge is -2.07. The molecule has 0 spiro atoms. The maximum Gasteiger partial charge on any atom is 0.435 e. The van der Waals surface area contributed by atoms with E-state index in [4.69, 9.17) is 0 Å². The Labute approximate surface area is 126 Å². The first-order valence-corrected chi connectivity index (χ1v) is 6.96. The summed E-state index contributed by atoms with van der Waals surface area (Å²) in [6.07, 6.45) is -2.09. The third-order valence-corrected chi connectivity index (χ3v) is 4.00. The fourth-order valence-corrected chi connectivity index (χ4v) is 2.93. The number of fused-ring (bicyclic) bond motifs is 1. The second-order valence-corrected chi connectivity index (χ2v) is 5.55. The molecule has 10 heteroatoms. The zero-order valence-electron chi connectivity index (χ0n) is 11.5. The minimum Gasteiger partial charge on any atom is -0.294 e. The Kier molecular flexibility index (Phi) is 3.28. The van der Waals surface area contributed by atoms with Crippen LogP contribution >= 0.6 is 11.5 Å². The number of rotatable bonds is 2. The third kappa shape index (κ3) is 2.39. The highest BCUT2D eigenvalue weighted by Crippen LogP contribution is 2.30. The van der Waals surface area contributed by atoms with Gasteiger partial charge in [-0.15, -0.1) is 0 Å². The van der Waals surface area contributed by atoms with E-state index in [1.807, 2.05) is 0 Å². The van der Waals surface area contributed by atoms with Crippen molar-refractivity contribution in [2.24, 2.45) is 7.05 Å². The first kappa shape index (κ1) is 14.7. The van der Waals surface area contributed by atoms with Crippen molar-refractivity contribution in [3.63, 3.8) is 0 Å². The molecule has 3 rings (SSSR count). The van der Waals surface area contributed by atoms with Crippen molar-refractivity contribution in [3.8, 4) is 0 Å². The molecule has 0 saturated heterocycles. The average Bonchev–Trinajstić information content (AvgIpc) is 2.96. The topological polar surface area (TPSA) is 65.6 Å². The van der Waals surface area contributed by atoms with Crippen molar-refractivity contribution in [1.29, 1.82) is 0 Å². The summed E-state index contributed by atoms with van der Waals surface area (Å²) in [6.45, 7) is 1.41.